The van der Waals surface area contributed by atoms with Gasteiger partial charge in [0.2, 0.25) is 5.91 Å². The van der Waals surface area contributed by atoms with Crippen molar-refractivity contribution in [1.29, 1.82) is 0 Å². The minimum atomic E-state index is -0.222. The summed E-state index contributed by atoms with van der Waals surface area (Å²) in [6.45, 7) is 5.83. The zero-order chi connectivity index (χ0) is 18.8. The number of carbonyl (C=O) groups is 1. The zero-order valence-electron chi connectivity index (χ0n) is 16.4. The Morgan fingerprint density at radius 2 is 2.00 bits per heavy atom. The maximum absolute atomic E-state index is 13.0. The van der Waals surface area contributed by atoms with E-state index in [1.807, 2.05) is 23.8 Å². The Bertz CT molecular complexity index is 594. The molecule has 0 aromatic heterocycles. The van der Waals surface area contributed by atoms with E-state index in [0.29, 0.717) is 19.5 Å². The molecule has 1 fully saturated rings. The Hall–Kier alpha value is -1.38. The van der Waals surface area contributed by atoms with Gasteiger partial charge in [0, 0.05) is 46.2 Å². The van der Waals surface area contributed by atoms with Crippen molar-refractivity contribution in [3.05, 3.63) is 35.6 Å². The van der Waals surface area contributed by atoms with E-state index in [1.54, 1.807) is 12.1 Å². The van der Waals surface area contributed by atoms with Crippen LogP contribution in [0.15, 0.2) is 29.3 Å². The average molecular weight is 490 g/mol. The van der Waals surface area contributed by atoms with Gasteiger partial charge in [-0.25, -0.2) is 4.39 Å². The summed E-state index contributed by atoms with van der Waals surface area (Å²) in [4.78, 5) is 20.7. The number of nitrogens with one attached hydrogen (secondary N) is 1. The second-order valence-corrected chi connectivity index (χ2v) is 6.76. The highest BCUT2D eigenvalue weighted by Crippen LogP contribution is 2.11. The summed E-state index contributed by atoms with van der Waals surface area (Å²) < 4.78 is 13.0. The van der Waals surface area contributed by atoms with Gasteiger partial charge in [-0.05, 0) is 43.9 Å². The predicted molar refractivity (Wildman–Crippen MR) is 119 cm³/mol. The molecule has 0 unspecified atom stereocenters. The molecule has 5 nitrogen and oxygen atoms in total. The first-order chi connectivity index (χ1) is 12.6. The molecule has 1 amide bonds. The van der Waals surface area contributed by atoms with Crippen LogP contribution >= 0.6 is 24.0 Å². The average Bonchev–Trinajstić information content (AvgIpc) is 2.84. The Morgan fingerprint density at radius 3 is 2.70 bits per heavy atom. The SMILES string of the molecule is CCNC(=NCCCN1CCCCCC1=O)N(C)Cc1ccc(F)cc1.I. The minimum Gasteiger partial charge on any atom is -0.357 e. The third-order valence-electron chi connectivity index (χ3n) is 4.55. The van der Waals surface area contributed by atoms with Crippen LogP contribution in [0.3, 0.4) is 0 Å². The highest BCUT2D eigenvalue weighted by Gasteiger charge is 2.15. The number of carbonyl (C=O) groups excluding carboxylic acids is 1. The molecular formula is C20H32FIN4O. The third-order valence-corrected chi connectivity index (χ3v) is 4.55. The molecule has 0 radical (unpaired) electrons. The first-order valence-corrected chi connectivity index (χ1v) is 9.62. The first kappa shape index (κ1) is 23.7. The van der Waals surface area contributed by atoms with Gasteiger partial charge in [0.05, 0.1) is 0 Å². The van der Waals surface area contributed by atoms with Crippen LogP contribution in [0.25, 0.3) is 0 Å². The lowest BCUT2D eigenvalue weighted by Crippen LogP contribution is -2.38. The summed E-state index contributed by atoms with van der Waals surface area (Å²) in [5.41, 5.74) is 1.04. The van der Waals surface area contributed by atoms with Crippen molar-refractivity contribution in [2.24, 2.45) is 4.99 Å². The van der Waals surface area contributed by atoms with Gasteiger partial charge in [0.15, 0.2) is 5.96 Å². The Morgan fingerprint density at radius 1 is 1.26 bits per heavy atom. The van der Waals surface area contributed by atoms with E-state index < -0.39 is 0 Å². The number of aliphatic imine (C=N–C) groups is 1. The molecule has 0 bridgehead atoms. The fraction of sp³-hybridized carbons (Fsp3) is 0.600. The summed E-state index contributed by atoms with van der Waals surface area (Å²) in [5, 5.41) is 3.29. The second-order valence-electron chi connectivity index (χ2n) is 6.76. The fourth-order valence-corrected chi connectivity index (χ4v) is 3.13. The van der Waals surface area contributed by atoms with Crippen molar-refractivity contribution in [2.75, 3.05) is 33.2 Å². The van der Waals surface area contributed by atoms with Crippen LogP contribution in [0.4, 0.5) is 4.39 Å². The lowest BCUT2D eigenvalue weighted by atomic mass is 10.2. The molecule has 1 heterocycles. The van der Waals surface area contributed by atoms with Crippen LogP contribution in [0, 0.1) is 5.82 Å². The van der Waals surface area contributed by atoms with Gasteiger partial charge >= 0.3 is 0 Å². The first-order valence-electron chi connectivity index (χ1n) is 9.62. The topological polar surface area (TPSA) is 47.9 Å². The zero-order valence-corrected chi connectivity index (χ0v) is 18.7. The van der Waals surface area contributed by atoms with Gasteiger partial charge < -0.3 is 15.1 Å². The number of benzene rings is 1. The lowest BCUT2D eigenvalue weighted by molar-refractivity contribution is -0.130. The van der Waals surface area contributed by atoms with Gasteiger partial charge in [-0.1, -0.05) is 18.6 Å². The number of amides is 1. The molecule has 1 saturated heterocycles. The van der Waals surface area contributed by atoms with Crippen LogP contribution in [-0.4, -0.2) is 54.9 Å². The fourth-order valence-electron chi connectivity index (χ4n) is 3.13. The summed E-state index contributed by atoms with van der Waals surface area (Å²) in [5.74, 6) is 0.894. The van der Waals surface area contributed by atoms with E-state index in [2.05, 4.69) is 10.3 Å². The molecule has 0 aliphatic carbocycles. The monoisotopic (exact) mass is 490 g/mol. The number of hydrogen-bond acceptors (Lipinski definition) is 2. The van der Waals surface area contributed by atoms with E-state index in [1.165, 1.54) is 12.1 Å². The Balaban J connectivity index is 0.00000364. The number of rotatable bonds is 7. The molecule has 152 valence electrons. The standard InChI is InChI=1S/C20H31FN4O.HI/c1-3-22-20(24(2)16-17-9-11-18(21)12-10-17)23-13-7-15-25-14-6-4-5-8-19(25)26;/h9-12H,3-8,13-16H2,1-2H3,(H,22,23);1H. The van der Waals surface area contributed by atoms with Crippen molar-refractivity contribution in [3.63, 3.8) is 0 Å². The number of hydrogen-bond donors (Lipinski definition) is 1. The normalized spacial score (nSPS) is 15.1. The maximum atomic E-state index is 13.0. The molecular weight excluding hydrogens is 458 g/mol. The third kappa shape index (κ3) is 8.45. The number of halogens is 2. The predicted octanol–water partition coefficient (Wildman–Crippen LogP) is 3.63. The van der Waals surface area contributed by atoms with Crippen LogP contribution in [0.1, 0.15) is 44.6 Å². The quantitative estimate of drug-likeness (QED) is 0.275. The van der Waals surface area contributed by atoms with Crippen molar-refractivity contribution >= 4 is 35.8 Å². The van der Waals surface area contributed by atoms with E-state index in [-0.39, 0.29) is 35.7 Å². The summed E-state index contributed by atoms with van der Waals surface area (Å²) in [6, 6.07) is 6.54. The Kier molecular flexibility index (Phi) is 11.3. The van der Waals surface area contributed by atoms with Crippen molar-refractivity contribution in [2.45, 2.75) is 45.6 Å². The lowest BCUT2D eigenvalue weighted by Gasteiger charge is -2.23. The highest BCUT2D eigenvalue weighted by molar-refractivity contribution is 14.0. The number of likely N-dealkylation sites (tertiary alicyclic amines) is 1. The van der Waals surface area contributed by atoms with E-state index in [9.17, 15) is 9.18 Å². The Labute approximate surface area is 179 Å². The smallest absolute Gasteiger partial charge is 0.222 e. The summed E-state index contributed by atoms with van der Waals surface area (Å²) in [7, 11) is 1.98. The van der Waals surface area contributed by atoms with E-state index >= 15 is 0 Å². The van der Waals surface area contributed by atoms with Crippen molar-refractivity contribution < 1.29 is 9.18 Å². The minimum absolute atomic E-state index is 0. The van der Waals surface area contributed by atoms with Crippen molar-refractivity contribution in [3.8, 4) is 0 Å². The molecule has 1 N–H and O–H groups in total. The summed E-state index contributed by atoms with van der Waals surface area (Å²) in [6.07, 6.45) is 4.83. The van der Waals surface area contributed by atoms with Gasteiger partial charge in [-0.2, -0.15) is 0 Å². The van der Waals surface area contributed by atoms with Gasteiger partial charge in [0.25, 0.3) is 0 Å². The molecule has 27 heavy (non-hydrogen) atoms. The molecule has 0 spiro atoms. The maximum Gasteiger partial charge on any atom is 0.222 e. The molecule has 0 saturated carbocycles. The molecule has 1 aliphatic heterocycles. The van der Waals surface area contributed by atoms with Crippen LogP contribution in [0.5, 0.6) is 0 Å². The van der Waals surface area contributed by atoms with Gasteiger partial charge in [-0.15, -0.1) is 24.0 Å². The van der Waals surface area contributed by atoms with Crippen LogP contribution < -0.4 is 5.32 Å². The van der Waals surface area contributed by atoms with Gasteiger partial charge in [-0.3, -0.25) is 9.79 Å². The second kappa shape index (κ2) is 12.9. The molecule has 0 atom stereocenters. The molecule has 1 aromatic rings. The largest absolute Gasteiger partial charge is 0.357 e. The van der Waals surface area contributed by atoms with E-state index in [0.717, 1.165) is 56.8 Å². The van der Waals surface area contributed by atoms with Crippen LogP contribution in [-0.2, 0) is 11.3 Å². The summed E-state index contributed by atoms with van der Waals surface area (Å²) >= 11 is 0. The highest BCUT2D eigenvalue weighted by atomic mass is 127. The van der Waals surface area contributed by atoms with Gasteiger partial charge in [0.1, 0.15) is 5.82 Å². The van der Waals surface area contributed by atoms with E-state index in [4.69, 9.17) is 0 Å². The molecule has 1 aliphatic rings. The number of guanidine groups is 1. The molecule has 2 rings (SSSR count). The molecule has 1 aromatic carbocycles. The number of nitrogens with zero attached hydrogens (tertiary/aromatic N) is 3. The van der Waals surface area contributed by atoms with Crippen molar-refractivity contribution in [1.82, 2.24) is 15.1 Å². The van der Waals surface area contributed by atoms with Crippen LogP contribution in [0.2, 0.25) is 0 Å². The molecule has 7 heteroatoms.